The average Bonchev–Trinajstić information content (AvgIpc) is 2.72. The number of aliphatic hydroxyl groups excluding tert-OH is 1. The van der Waals surface area contributed by atoms with Gasteiger partial charge in [0.15, 0.2) is 0 Å². The Morgan fingerprint density at radius 3 is 1.71 bits per heavy atom. The summed E-state index contributed by atoms with van der Waals surface area (Å²) in [5, 5.41) is 9.09. The number of ether oxygens (including phenoxy) is 1. The zero-order chi connectivity index (χ0) is 22.3. The first-order valence-corrected chi connectivity index (χ1v) is 14.2. The SMILES string of the molecule is CCCCCCCCCCCCCCCCSCC(COC)C[N+](C)(C)CCCO.[Br-]. The van der Waals surface area contributed by atoms with Crippen LogP contribution in [0.4, 0.5) is 0 Å². The summed E-state index contributed by atoms with van der Waals surface area (Å²) < 4.78 is 6.44. The molecule has 1 unspecified atom stereocenters. The number of methoxy groups -OCH3 is 1. The van der Waals surface area contributed by atoms with Crippen molar-refractivity contribution in [1.29, 1.82) is 0 Å². The Kier molecular flexibility index (Phi) is 27.7. The van der Waals surface area contributed by atoms with E-state index < -0.39 is 0 Å². The zero-order valence-corrected chi connectivity index (χ0v) is 23.9. The topological polar surface area (TPSA) is 29.5 Å². The third-order valence-corrected chi connectivity index (χ3v) is 7.36. The molecule has 0 saturated carbocycles. The van der Waals surface area contributed by atoms with Gasteiger partial charge in [0.25, 0.3) is 0 Å². The van der Waals surface area contributed by atoms with E-state index in [0.29, 0.717) is 12.5 Å². The normalized spacial score (nSPS) is 12.7. The number of thioether (sulfide) groups is 1. The van der Waals surface area contributed by atoms with Crippen molar-refractivity contribution in [3.8, 4) is 0 Å². The first-order chi connectivity index (χ1) is 14.6. The quantitative estimate of drug-likeness (QED) is 0.153. The Morgan fingerprint density at radius 2 is 1.26 bits per heavy atom. The molecule has 0 heterocycles. The molecule has 0 fully saturated rings. The van der Waals surface area contributed by atoms with E-state index in [0.717, 1.165) is 30.6 Å². The number of aliphatic hydroxyl groups is 1. The van der Waals surface area contributed by atoms with Gasteiger partial charge in [-0.3, -0.25) is 0 Å². The highest BCUT2D eigenvalue weighted by molar-refractivity contribution is 7.99. The van der Waals surface area contributed by atoms with Crippen molar-refractivity contribution in [1.82, 2.24) is 0 Å². The van der Waals surface area contributed by atoms with Gasteiger partial charge in [-0.2, -0.15) is 11.8 Å². The minimum absolute atomic E-state index is 0. The van der Waals surface area contributed by atoms with Crippen LogP contribution < -0.4 is 17.0 Å². The minimum Gasteiger partial charge on any atom is -1.00 e. The monoisotopic (exact) mass is 525 g/mol. The summed E-state index contributed by atoms with van der Waals surface area (Å²) in [4.78, 5) is 0. The van der Waals surface area contributed by atoms with Crippen molar-refractivity contribution in [2.45, 2.75) is 103 Å². The van der Waals surface area contributed by atoms with Gasteiger partial charge in [0, 0.05) is 31.8 Å². The molecule has 1 N–H and O–H groups in total. The molecule has 3 nitrogen and oxygen atoms in total. The minimum atomic E-state index is 0. The Labute approximate surface area is 210 Å². The molecule has 0 amide bonds. The molecule has 31 heavy (non-hydrogen) atoms. The predicted octanol–water partition coefficient (Wildman–Crippen LogP) is 3.93. The smallest absolute Gasteiger partial charge is 0.0841 e. The maximum absolute atomic E-state index is 9.09. The lowest BCUT2D eigenvalue weighted by molar-refractivity contribution is -0.893. The van der Waals surface area contributed by atoms with E-state index in [1.165, 1.54) is 101 Å². The fourth-order valence-corrected chi connectivity index (χ4v) is 5.44. The molecule has 5 heteroatoms. The fraction of sp³-hybridized carbons (Fsp3) is 1.00. The highest BCUT2D eigenvalue weighted by Crippen LogP contribution is 2.17. The van der Waals surface area contributed by atoms with E-state index in [1.807, 2.05) is 7.11 Å². The second-order valence-corrected chi connectivity index (χ2v) is 11.1. The first-order valence-electron chi connectivity index (χ1n) is 13.0. The summed E-state index contributed by atoms with van der Waals surface area (Å²) in [6.45, 7) is 5.62. The number of unbranched alkanes of at least 4 members (excludes halogenated alkanes) is 13. The number of halogens is 1. The highest BCUT2D eigenvalue weighted by atomic mass is 79.9. The number of nitrogens with zero attached hydrogens (tertiary/aromatic N) is 1. The zero-order valence-electron chi connectivity index (χ0n) is 21.5. The largest absolute Gasteiger partial charge is 1.00 e. The van der Waals surface area contributed by atoms with Crippen LogP contribution in [-0.2, 0) is 4.74 Å². The van der Waals surface area contributed by atoms with E-state index in [4.69, 9.17) is 9.84 Å². The summed E-state index contributed by atoms with van der Waals surface area (Å²) in [7, 11) is 6.37. The van der Waals surface area contributed by atoms with E-state index in [-0.39, 0.29) is 17.0 Å². The molecule has 0 aliphatic rings. The van der Waals surface area contributed by atoms with Crippen LogP contribution in [0.2, 0.25) is 0 Å². The summed E-state index contributed by atoms with van der Waals surface area (Å²) in [6.07, 6.45) is 20.9. The number of quaternary nitrogens is 1. The van der Waals surface area contributed by atoms with Crippen LogP contribution in [0.3, 0.4) is 0 Å². The molecule has 0 aromatic heterocycles. The van der Waals surface area contributed by atoms with Crippen LogP contribution in [0.1, 0.15) is 103 Å². The van der Waals surface area contributed by atoms with Crippen LogP contribution in [0.15, 0.2) is 0 Å². The number of hydrogen-bond donors (Lipinski definition) is 1. The van der Waals surface area contributed by atoms with Gasteiger partial charge < -0.3 is 31.3 Å². The van der Waals surface area contributed by atoms with Crippen molar-refractivity contribution in [2.75, 3.05) is 59.0 Å². The van der Waals surface area contributed by atoms with Crippen LogP contribution in [-0.4, -0.2) is 68.6 Å². The van der Waals surface area contributed by atoms with E-state index in [9.17, 15) is 0 Å². The molecule has 0 spiro atoms. The van der Waals surface area contributed by atoms with Gasteiger partial charge in [-0.15, -0.1) is 0 Å². The third kappa shape index (κ3) is 25.2. The van der Waals surface area contributed by atoms with Gasteiger partial charge >= 0.3 is 0 Å². The molecule has 0 bridgehead atoms. The Balaban J connectivity index is 0. The Hall–Kier alpha value is 0.710. The molecule has 0 radical (unpaired) electrons. The van der Waals surface area contributed by atoms with Gasteiger partial charge in [0.2, 0.25) is 0 Å². The molecule has 0 aromatic carbocycles. The van der Waals surface area contributed by atoms with E-state index in [2.05, 4.69) is 32.8 Å². The van der Waals surface area contributed by atoms with Gasteiger partial charge in [0.05, 0.1) is 33.8 Å². The number of hydrogen-bond acceptors (Lipinski definition) is 3. The highest BCUT2D eigenvalue weighted by Gasteiger charge is 2.21. The van der Waals surface area contributed by atoms with Gasteiger partial charge in [-0.25, -0.2) is 0 Å². The molecule has 0 aliphatic carbocycles. The lowest BCUT2D eigenvalue weighted by atomic mass is 10.0. The van der Waals surface area contributed by atoms with Crippen molar-refractivity contribution < 1.29 is 31.3 Å². The molecule has 1 atom stereocenters. The summed E-state index contributed by atoms with van der Waals surface area (Å²) in [5.74, 6) is 3.11. The molecular formula is C26H56BrNO2S. The predicted molar refractivity (Wildman–Crippen MR) is 137 cm³/mol. The Morgan fingerprint density at radius 1 is 0.774 bits per heavy atom. The standard InChI is InChI=1S/C26H56NO2S.BrH/c1-5-6-7-8-9-10-11-12-13-14-15-16-17-18-22-30-25-26(24-29-4)23-27(2,3)20-19-21-28;/h26,28H,5-25H2,1-4H3;1H/q+1;/p-1. The van der Waals surface area contributed by atoms with Crippen molar-refractivity contribution in [2.24, 2.45) is 5.92 Å². The van der Waals surface area contributed by atoms with Crippen LogP contribution >= 0.6 is 11.8 Å². The number of rotatable bonds is 24. The molecule has 0 saturated heterocycles. The maximum Gasteiger partial charge on any atom is 0.0841 e. The van der Waals surface area contributed by atoms with E-state index in [1.54, 1.807) is 0 Å². The molecule has 190 valence electrons. The van der Waals surface area contributed by atoms with E-state index >= 15 is 0 Å². The van der Waals surface area contributed by atoms with Crippen molar-refractivity contribution >= 4 is 11.8 Å². The molecule has 0 aliphatic heterocycles. The second kappa shape index (κ2) is 25.3. The first kappa shape index (κ1) is 33.9. The summed E-state index contributed by atoms with van der Waals surface area (Å²) in [6, 6.07) is 0. The second-order valence-electron chi connectivity index (χ2n) is 9.91. The molecule has 0 rings (SSSR count). The lowest BCUT2D eigenvalue weighted by Crippen LogP contribution is -3.00. The molecule has 0 aromatic rings. The van der Waals surface area contributed by atoms with Crippen LogP contribution in [0.5, 0.6) is 0 Å². The van der Waals surface area contributed by atoms with Crippen LogP contribution in [0, 0.1) is 5.92 Å². The van der Waals surface area contributed by atoms with Crippen molar-refractivity contribution in [3.63, 3.8) is 0 Å². The van der Waals surface area contributed by atoms with Gasteiger partial charge in [-0.1, -0.05) is 90.4 Å². The summed E-state index contributed by atoms with van der Waals surface area (Å²) >= 11 is 2.11. The molecular weight excluding hydrogens is 470 g/mol. The van der Waals surface area contributed by atoms with Crippen molar-refractivity contribution in [3.05, 3.63) is 0 Å². The lowest BCUT2D eigenvalue weighted by Gasteiger charge is -2.33. The van der Waals surface area contributed by atoms with Gasteiger partial charge in [0.1, 0.15) is 0 Å². The fourth-order valence-electron chi connectivity index (χ4n) is 4.33. The van der Waals surface area contributed by atoms with Crippen LogP contribution in [0.25, 0.3) is 0 Å². The van der Waals surface area contributed by atoms with Gasteiger partial charge in [-0.05, 0) is 12.2 Å². The Bertz CT molecular complexity index is 345. The maximum atomic E-state index is 9.09. The summed E-state index contributed by atoms with van der Waals surface area (Å²) in [5.41, 5.74) is 0. The average molecular weight is 527 g/mol. The third-order valence-electron chi connectivity index (χ3n) is 6.07.